The zero-order valence-corrected chi connectivity index (χ0v) is 14.1. The van der Waals surface area contributed by atoms with Gasteiger partial charge in [-0.15, -0.1) is 4.83 Å². The Morgan fingerprint density at radius 1 is 1.12 bits per heavy atom. The Morgan fingerprint density at radius 3 is 2.62 bits per heavy atom. The van der Waals surface area contributed by atoms with Crippen LogP contribution < -0.4 is 10.3 Å². The molecule has 2 aromatic carbocycles. The van der Waals surface area contributed by atoms with Crippen LogP contribution in [0.3, 0.4) is 0 Å². The van der Waals surface area contributed by atoms with Gasteiger partial charge in [0.25, 0.3) is 10.0 Å². The van der Waals surface area contributed by atoms with E-state index in [-0.39, 0.29) is 15.7 Å². The third-order valence-electron chi connectivity index (χ3n) is 3.39. The summed E-state index contributed by atoms with van der Waals surface area (Å²) in [5.74, 6) is -0.698. The summed E-state index contributed by atoms with van der Waals surface area (Å²) in [7, 11) is -3.95. The van der Waals surface area contributed by atoms with E-state index in [0.29, 0.717) is 11.1 Å². The van der Waals surface area contributed by atoms with Crippen molar-refractivity contribution >= 4 is 38.5 Å². The second-order valence-electron chi connectivity index (χ2n) is 5.12. The van der Waals surface area contributed by atoms with Crippen molar-refractivity contribution in [3.8, 4) is 0 Å². The first-order valence-corrected chi connectivity index (χ1v) is 8.80. The van der Waals surface area contributed by atoms with E-state index in [1.165, 1.54) is 12.1 Å². The van der Waals surface area contributed by atoms with E-state index >= 15 is 0 Å². The summed E-state index contributed by atoms with van der Waals surface area (Å²) >= 11 is 5.83. The number of nitrogens with one attached hydrogen (secondary N) is 2. The number of carbonyl (C=O) groups is 1. The highest BCUT2D eigenvalue weighted by Gasteiger charge is 2.20. The van der Waals surface area contributed by atoms with Crippen LogP contribution in [-0.4, -0.2) is 14.3 Å². The van der Waals surface area contributed by atoms with Gasteiger partial charge in [0, 0.05) is 10.4 Å². The quantitative estimate of drug-likeness (QED) is 0.696. The van der Waals surface area contributed by atoms with Gasteiger partial charge >= 0.3 is 5.91 Å². The van der Waals surface area contributed by atoms with Crippen LogP contribution >= 0.6 is 11.6 Å². The van der Waals surface area contributed by atoms with Crippen LogP contribution in [-0.2, 0) is 10.0 Å². The molecule has 0 aliphatic rings. The average Bonchev–Trinajstić information content (AvgIpc) is 2.99. The van der Waals surface area contributed by atoms with E-state index < -0.39 is 15.9 Å². The molecule has 0 fully saturated rings. The van der Waals surface area contributed by atoms with E-state index in [1.54, 1.807) is 37.3 Å². The number of aryl methyl sites for hydroxylation is 1. The molecule has 0 spiro atoms. The molecule has 24 heavy (non-hydrogen) atoms. The number of benzene rings is 2. The first-order valence-electron chi connectivity index (χ1n) is 6.94. The number of hydrogen-bond donors (Lipinski definition) is 2. The first kappa shape index (κ1) is 16.5. The molecular formula is C16H13ClN2O4S. The molecule has 3 rings (SSSR count). The van der Waals surface area contributed by atoms with Crippen molar-refractivity contribution < 1.29 is 17.6 Å². The number of carbonyl (C=O) groups excluding carboxylic acids is 1. The van der Waals surface area contributed by atoms with Crippen LogP contribution in [0.25, 0.3) is 11.0 Å². The van der Waals surface area contributed by atoms with Crippen molar-refractivity contribution in [2.45, 2.75) is 11.8 Å². The zero-order valence-electron chi connectivity index (χ0n) is 12.5. The van der Waals surface area contributed by atoms with Crippen LogP contribution in [0.1, 0.15) is 16.1 Å². The van der Waals surface area contributed by atoms with Crippen molar-refractivity contribution in [2.24, 2.45) is 0 Å². The number of furan rings is 1. The van der Waals surface area contributed by atoms with Crippen molar-refractivity contribution in [1.29, 1.82) is 0 Å². The summed E-state index contributed by atoms with van der Waals surface area (Å²) in [5, 5.41) is 1.03. The second-order valence-corrected chi connectivity index (χ2v) is 7.21. The molecule has 2 N–H and O–H groups in total. The van der Waals surface area contributed by atoms with Crippen LogP contribution in [0.5, 0.6) is 0 Å². The van der Waals surface area contributed by atoms with Gasteiger partial charge in [0.1, 0.15) is 5.58 Å². The molecule has 0 saturated carbocycles. The molecule has 0 atom stereocenters. The van der Waals surface area contributed by atoms with Gasteiger partial charge in [-0.2, -0.15) is 0 Å². The number of hydrazine groups is 1. The van der Waals surface area contributed by atoms with Crippen LogP contribution in [0, 0.1) is 6.92 Å². The zero-order chi connectivity index (χ0) is 17.3. The predicted octanol–water partition coefficient (Wildman–Crippen LogP) is 3.02. The minimum Gasteiger partial charge on any atom is -0.451 e. The normalized spacial score (nSPS) is 11.6. The van der Waals surface area contributed by atoms with Crippen molar-refractivity contribution in [3.05, 3.63) is 64.9 Å². The molecule has 1 heterocycles. The third kappa shape index (κ3) is 3.28. The summed E-state index contributed by atoms with van der Waals surface area (Å²) in [4.78, 5) is 14.1. The number of fused-ring (bicyclic) bond motifs is 1. The fraction of sp³-hybridized carbons (Fsp3) is 0.0625. The minimum atomic E-state index is -3.95. The van der Waals surface area contributed by atoms with Gasteiger partial charge in [0.15, 0.2) is 5.76 Å². The van der Waals surface area contributed by atoms with E-state index in [2.05, 4.69) is 5.43 Å². The molecule has 3 aromatic rings. The Morgan fingerprint density at radius 2 is 1.88 bits per heavy atom. The molecule has 0 saturated heterocycles. The highest BCUT2D eigenvalue weighted by atomic mass is 35.5. The fourth-order valence-electron chi connectivity index (χ4n) is 2.19. The van der Waals surface area contributed by atoms with E-state index in [9.17, 15) is 13.2 Å². The van der Waals surface area contributed by atoms with Crippen LogP contribution in [0.2, 0.25) is 5.02 Å². The maximum absolute atomic E-state index is 12.3. The smallest absolute Gasteiger partial charge is 0.301 e. The Bertz CT molecular complexity index is 994. The van der Waals surface area contributed by atoms with E-state index in [4.69, 9.17) is 16.0 Å². The summed E-state index contributed by atoms with van der Waals surface area (Å²) in [5.41, 5.74) is 3.17. The minimum absolute atomic E-state index is 0.00159. The van der Waals surface area contributed by atoms with Gasteiger partial charge in [-0.05, 0) is 36.8 Å². The largest absolute Gasteiger partial charge is 0.451 e. The van der Waals surface area contributed by atoms with Crippen LogP contribution in [0.4, 0.5) is 0 Å². The molecule has 6 nitrogen and oxygen atoms in total. The molecule has 0 radical (unpaired) electrons. The monoisotopic (exact) mass is 364 g/mol. The average molecular weight is 365 g/mol. The lowest BCUT2D eigenvalue weighted by molar-refractivity contribution is 0.0919. The van der Waals surface area contributed by atoms with Gasteiger partial charge < -0.3 is 4.42 Å². The van der Waals surface area contributed by atoms with Crippen molar-refractivity contribution in [3.63, 3.8) is 0 Å². The first-order chi connectivity index (χ1) is 11.4. The maximum atomic E-state index is 12.3. The summed E-state index contributed by atoms with van der Waals surface area (Å²) < 4.78 is 30.0. The van der Waals surface area contributed by atoms with Gasteiger partial charge in [0.05, 0.1) is 4.90 Å². The van der Waals surface area contributed by atoms with Gasteiger partial charge in [-0.3, -0.25) is 10.2 Å². The Kier molecular flexibility index (Phi) is 4.31. The Hall–Kier alpha value is -2.35. The molecule has 1 aromatic heterocycles. The molecule has 124 valence electrons. The number of amides is 1. The van der Waals surface area contributed by atoms with Gasteiger partial charge in [0.2, 0.25) is 0 Å². The topological polar surface area (TPSA) is 88.4 Å². The van der Waals surface area contributed by atoms with E-state index in [1.807, 2.05) is 10.9 Å². The lowest BCUT2D eigenvalue weighted by Gasteiger charge is -2.10. The lowest BCUT2D eigenvalue weighted by atomic mass is 10.2. The second kappa shape index (κ2) is 6.27. The molecule has 0 aliphatic carbocycles. The fourth-order valence-corrected chi connectivity index (χ4v) is 3.54. The predicted molar refractivity (Wildman–Crippen MR) is 90.2 cm³/mol. The summed E-state index contributed by atoms with van der Waals surface area (Å²) in [6.45, 7) is 1.63. The molecule has 0 unspecified atom stereocenters. The maximum Gasteiger partial charge on any atom is 0.301 e. The van der Waals surface area contributed by atoms with Crippen LogP contribution in [0.15, 0.2) is 57.8 Å². The molecule has 8 heteroatoms. The third-order valence-corrected chi connectivity index (χ3v) is 5.01. The highest BCUT2D eigenvalue weighted by molar-refractivity contribution is 7.89. The number of para-hydroxylation sites is 1. The number of rotatable bonds is 4. The molecule has 1 amide bonds. The highest BCUT2D eigenvalue weighted by Crippen LogP contribution is 2.20. The summed E-state index contributed by atoms with van der Waals surface area (Å²) in [6, 6.07) is 13.1. The van der Waals surface area contributed by atoms with Crippen molar-refractivity contribution in [2.75, 3.05) is 0 Å². The van der Waals surface area contributed by atoms with Crippen molar-refractivity contribution in [1.82, 2.24) is 10.3 Å². The van der Waals surface area contributed by atoms with Gasteiger partial charge in [-0.25, -0.2) is 8.42 Å². The lowest BCUT2D eigenvalue weighted by Crippen LogP contribution is -2.41. The standard InChI is InChI=1S/C16H13ClN2O4S/c1-10-6-7-12(17)9-15(10)24(21,22)19-18-16(20)14-8-11-4-2-3-5-13(11)23-14/h2-9,19H,1H3,(H,18,20). The number of sulfonamides is 1. The molecule has 0 bridgehead atoms. The Labute approximate surface area is 143 Å². The summed E-state index contributed by atoms with van der Waals surface area (Å²) in [6.07, 6.45) is 0. The Balaban J connectivity index is 1.79. The number of hydrogen-bond acceptors (Lipinski definition) is 4. The van der Waals surface area contributed by atoms with E-state index in [0.717, 1.165) is 5.39 Å². The number of halogens is 1. The molecular weight excluding hydrogens is 352 g/mol. The SMILES string of the molecule is Cc1ccc(Cl)cc1S(=O)(=O)NNC(=O)c1cc2ccccc2o1. The van der Waals surface area contributed by atoms with Gasteiger partial charge in [-0.1, -0.05) is 35.9 Å². The molecule has 0 aliphatic heterocycles.